The quantitative estimate of drug-likeness (QED) is 0.0417. The second-order valence-corrected chi connectivity index (χ2v) is 24.6. The van der Waals surface area contributed by atoms with Crippen molar-refractivity contribution in [3.8, 4) is 0 Å². The van der Waals surface area contributed by atoms with Crippen LogP contribution >= 0.6 is 0 Å². The minimum Gasteiger partial charge on any atom is -0.466 e. The fraction of sp³-hybridized carbons (Fsp3) is 0.971. The van der Waals surface area contributed by atoms with E-state index in [0.29, 0.717) is 25.9 Å². The molecular weight excluding hydrogens is 935 g/mol. The maximum Gasteiger partial charge on any atom is 0.305 e. The fourth-order valence-electron chi connectivity index (χ4n) is 11.5. The molecule has 6 nitrogen and oxygen atoms in total. The number of carbonyl (C=O) groups excluding carboxylic acids is 2. The van der Waals surface area contributed by atoms with E-state index in [1.165, 1.54) is 340 Å². The number of aliphatic hydroxyl groups excluding tert-OH is 2. The van der Waals surface area contributed by atoms with Gasteiger partial charge in [-0.15, -0.1) is 0 Å². The summed E-state index contributed by atoms with van der Waals surface area (Å²) < 4.78 is 5.50. The van der Waals surface area contributed by atoms with Gasteiger partial charge in [0.25, 0.3) is 0 Å². The zero-order chi connectivity index (χ0) is 55.0. The number of ether oxygens (including phenoxy) is 1. The fourth-order valence-corrected chi connectivity index (χ4v) is 11.5. The summed E-state index contributed by atoms with van der Waals surface area (Å²) in [5.41, 5.74) is 0. The molecule has 0 aliphatic rings. The number of amides is 1. The summed E-state index contributed by atoms with van der Waals surface area (Å²) in [6.07, 6.45) is 80.0. The highest BCUT2D eigenvalue weighted by Crippen LogP contribution is 2.20. The Morgan fingerprint density at radius 2 is 0.539 bits per heavy atom. The predicted molar refractivity (Wildman–Crippen MR) is 334 cm³/mol. The molecule has 2 unspecified atom stereocenters. The molecule has 3 N–H and O–H groups in total. The molecule has 0 radical (unpaired) electrons. The SMILES string of the molecule is CCCCCCCCCCCCCCCCCCCCC(O)C(CO)NC(=O)CCCCCCCCCCCCCCCCCCCCCCCCCCCOC(=O)CCCCCCCCCCCCCCCCCC. The largest absolute Gasteiger partial charge is 0.466 e. The van der Waals surface area contributed by atoms with Gasteiger partial charge in [-0.25, -0.2) is 0 Å². The summed E-state index contributed by atoms with van der Waals surface area (Å²) >= 11 is 0. The number of unbranched alkanes of at least 4 members (excludes halogenated alkanes) is 56. The molecule has 0 aliphatic heterocycles. The first-order valence-electron chi connectivity index (χ1n) is 35.3. The highest BCUT2D eigenvalue weighted by atomic mass is 16.5. The van der Waals surface area contributed by atoms with Crippen LogP contribution in [0.5, 0.6) is 0 Å². The van der Waals surface area contributed by atoms with E-state index in [0.717, 1.165) is 38.5 Å². The number of hydrogen-bond acceptors (Lipinski definition) is 5. The molecule has 0 aromatic heterocycles. The average molecular weight is 1070 g/mol. The molecule has 0 saturated heterocycles. The van der Waals surface area contributed by atoms with Crippen LogP contribution in [0, 0.1) is 0 Å². The molecule has 76 heavy (non-hydrogen) atoms. The number of rotatable bonds is 67. The molecule has 2 atom stereocenters. The lowest BCUT2D eigenvalue weighted by molar-refractivity contribution is -0.143. The molecule has 0 aliphatic carbocycles. The van der Waals surface area contributed by atoms with Crippen LogP contribution in [0.25, 0.3) is 0 Å². The Labute approximate surface area is 476 Å². The molecule has 1 amide bonds. The van der Waals surface area contributed by atoms with Gasteiger partial charge in [-0.05, 0) is 25.7 Å². The van der Waals surface area contributed by atoms with Crippen LogP contribution in [-0.2, 0) is 14.3 Å². The topological polar surface area (TPSA) is 95.9 Å². The van der Waals surface area contributed by atoms with Crippen LogP contribution in [0.4, 0.5) is 0 Å². The molecule has 0 saturated carbocycles. The van der Waals surface area contributed by atoms with E-state index in [-0.39, 0.29) is 18.5 Å². The lowest BCUT2D eigenvalue weighted by Gasteiger charge is -2.22. The lowest BCUT2D eigenvalue weighted by atomic mass is 10.0. The third-order valence-electron chi connectivity index (χ3n) is 16.9. The third-order valence-corrected chi connectivity index (χ3v) is 16.9. The van der Waals surface area contributed by atoms with Gasteiger partial charge in [-0.3, -0.25) is 9.59 Å². The Balaban J connectivity index is 3.34. The van der Waals surface area contributed by atoms with E-state index in [9.17, 15) is 19.8 Å². The van der Waals surface area contributed by atoms with Crippen molar-refractivity contribution in [2.45, 2.75) is 424 Å². The van der Waals surface area contributed by atoms with E-state index in [2.05, 4.69) is 19.2 Å². The molecule has 6 heteroatoms. The molecule has 0 heterocycles. The van der Waals surface area contributed by atoms with Gasteiger partial charge < -0.3 is 20.3 Å². The predicted octanol–water partition coefficient (Wildman–Crippen LogP) is 22.6. The first kappa shape index (κ1) is 74.9. The van der Waals surface area contributed by atoms with Crippen LogP contribution in [-0.4, -0.2) is 47.4 Å². The zero-order valence-electron chi connectivity index (χ0n) is 52.0. The van der Waals surface area contributed by atoms with Crippen LogP contribution in [0.3, 0.4) is 0 Å². The first-order chi connectivity index (χ1) is 37.5. The summed E-state index contributed by atoms with van der Waals surface area (Å²) in [5.74, 6) is -0.00716. The highest BCUT2D eigenvalue weighted by Gasteiger charge is 2.20. The van der Waals surface area contributed by atoms with Crippen molar-refractivity contribution in [1.29, 1.82) is 0 Å². The van der Waals surface area contributed by atoms with E-state index in [1.54, 1.807) is 0 Å². The summed E-state index contributed by atoms with van der Waals surface area (Å²) in [4.78, 5) is 24.6. The standard InChI is InChI=1S/C70H139NO5/c1-3-5-7-9-11-13-15-17-19-21-31-34-38-42-46-50-54-58-62-68(73)67(66-72)71-69(74)63-59-55-51-47-43-39-35-32-29-27-25-23-22-24-26-28-30-33-37-41-45-49-53-57-61-65-76-70(75)64-60-56-52-48-44-40-36-20-18-16-14-12-10-8-6-4-2/h67-68,72-73H,3-66H2,1-2H3,(H,71,74). The zero-order valence-corrected chi connectivity index (χ0v) is 52.0. The molecule has 0 rings (SSSR count). The average Bonchev–Trinajstić information content (AvgIpc) is 3.42. The monoisotopic (exact) mass is 1070 g/mol. The Hall–Kier alpha value is -1.14. The molecule has 0 aromatic rings. The van der Waals surface area contributed by atoms with Crippen molar-refractivity contribution in [1.82, 2.24) is 5.32 Å². The van der Waals surface area contributed by atoms with Crippen LogP contribution in [0.2, 0.25) is 0 Å². The first-order valence-corrected chi connectivity index (χ1v) is 35.3. The third kappa shape index (κ3) is 62.1. The van der Waals surface area contributed by atoms with Gasteiger partial charge >= 0.3 is 5.97 Å². The second-order valence-electron chi connectivity index (χ2n) is 24.6. The van der Waals surface area contributed by atoms with Crippen molar-refractivity contribution in [2.24, 2.45) is 0 Å². The number of esters is 1. The summed E-state index contributed by atoms with van der Waals surface area (Å²) in [6, 6.07) is -0.539. The van der Waals surface area contributed by atoms with Gasteiger partial charge in [0.1, 0.15) is 0 Å². The van der Waals surface area contributed by atoms with Gasteiger partial charge in [0.15, 0.2) is 0 Å². The van der Waals surface area contributed by atoms with Gasteiger partial charge in [-0.1, -0.05) is 373 Å². The van der Waals surface area contributed by atoms with E-state index < -0.39 is 12.1 Å². The van der Waals surface area contributed by atoms with Gasteiger partial charge in [0.05, 0.1) is 25.4 Å². The van der Waals surface area contributed by atoms with E-state index in [4.69, 9.17) is 4.74 Å². The molecule has 0 aromatic carbocycles. The Morgan fingerprint density at radius 1 is 0.316 bits per heavy atom. The van der Waals surface area contributed by atoms with Crippen molar-refractivity contribution < 1.29 is 24.5 Å². The summed E-state index contributed by atoms with van der Waals surface area (Å²) in [5, 5.41) is 23.4. The van der Waals surface area contributed by atoms with Crippen molar-refractivity contribution in [3.05, 3.63) is 0 Å². The van der Waals surface area contributed by atoms with E-state index >= 15 is 0 Å². The molecular formula is C70H139NO5. The number of hydrogen-bond donors (Lipinski definition) is 3. The number of nitrogens with one attached hydrogen (secondary N) is 1. The molecule has 0 bridgehead atoms. The Morgan fingerprint density at radius 3 is 0.803 bits per heavy atom. The van der Waals surface area contributed by atoms with Crippen molar-refractivity contribution >= 4 is 11.9 Å². The Bertz CT molecular complexity index is 1100. The van der Waals surface area contributed by atoms with Crippen molar-refractivity contribution in [2.75, 3.05) is 13.2 Å². The van der Waals surface area contributed by atoms with Gasteiger partial charge in [0, 0.05) is 12.8 Å². The van der Waals surface area contributed by atoms with Crippen LogP contribution in [0.1, 0.15) is 412 Å². The molecule has 0 spiro atoms. The van der Waals surface area contributed by atoms with E-state index in [1.807, 2.05) is 0 Å². The summed E-state index contributed by atoms with van der Waals surface area (Å²) in [7, 11) is 0. The van der Waals surface area contributed by atoms with Gasteiger partial charge in [0.2, 0.25) is 5.91 Å². The Kier molecular flexibility index (Phi) is 65.4. The van der Waals surface area contributed by atoms with Gasteiger partial charge in [-0.2, -0.15) is 0 Å². The van der Waals surface area contributed by atoms with Crippen molar-refractivity contribution in [3.63, 3.8) is 0 Å². The minimum absolute atomic E-state index is 0.0213. The molecule has 0 fully saturated rings. The molecule has 454 valence electrons. The maximum atomic E-state index is 12.5. The minimum atomic E-state index is -0.662. The number of carbonyl (C=O) groups is 2. The highest BCUT2D eigenvalue weighted by molar-refractivity contribution is 5.76. The summed E-state index contributed by atoms with van der Waals surface area (Å²) in [6.45, 7) is 5.01. The smallest absolute Gasteiger partial charge is 0.305 e. The maximum absolute atomic E-state index is 12.5. The number of aliphatic hydroxyl groups is 2. The van der Waals surface area contributed by atoms with Crippen LogP contribution < -0.4 is 5.32 Å². The van der Waals surface area contributed by atoms with Crippen LogP contribution in [0.15, 0.2) is 0 Å². The second kappa shape index (κ2) is 66.4. The lowest BCUT2D eigenvalue weighted by Crippen LogP contribution is -2.45. The normalized spacial score (nSPS) is 12.4.